The average molecular weight is 1820 g/mol. The van der Waals surface area contributed by atoms with Crippen molar-refractivity contribution in [1.29, 1.82) is 0 Å². The molecule has 114 heavy (non-hydrogen) atoms. The van der Waals surface area contributed by atoms with Crippen LogP contribution in [-0.2, 0) is 89.3 Å². The molecule has 0 amide bonds. The first-order valence-electron chi connectivity index (χ1n) is 28.7. The molecular weight excluding hydrogens is 1780 g/mol. The van der Waals surface area contributed by atoms with Crippen LogP contribution >= 0.6 is 23.2 Å². The minimum atomic E-state index is -5.74. The molecule has 2 heterocycles. The number of nitrogens with zero attached hydrogens (tertiary/aromatic N) is 10. The number of benzene rings is 8. The topological polar surface area (TPSA) is 670 Å². The maximum Gasteiger partial charge on any atom is 1.00 e. The summed E-state index contributed by atoms with van der Waals surface area (Å²) in [6.07, 6.45) is 0. The van der Waals surface area contributed by atoms with Crippen molar-refractivity contribution in [2.75, 3.05) is 49.6 Å². The summed E-state index contributed by atoms with van der Waals surface area (Å²) in [6, 6.07) is 20.5. The molecule has 58 heteroatoms. The van der Waals surface area contributed by atoms with Crippen LogP contribution in [0.4, 0.5) is 57.4 Å². The van der Waals surface area contributed by atoms with E-state index in [0.717, 1.165) is 38.5 Å². The molecule has 0 saturated heterocycles. The van der Waals surface area contributed by atoms with Crippen molar-refractivity contribution in [2.24, 2.45) is 30.4 Å². The van der Waals surface area contributed by atoms with Gasteiger partial charge in [-0.1, -0.05) is 23.6 Å². The zero-order chi connectivity index (χ0) is 79.0. The van der Waals surface area contributed by atoms with Crippen LogP contribution < -0.4 is 219 Å². The van der Waals surface area contributed by atoms with Crippen molar-refractivity contribution in [3.63, 3.8) is 0 Å². The van der Waals surface area contributed by atoms with Crippen LogP contribution in [0.25, 0.3) is 32.7 Å². The predicted molar refractivity (Wildman–Crippen MR) is 364 cm³/mol. The zero-order valence-corrected chi connectivity index (χ0v) is 79.4. The second kappa shape index (κ2) is 40.9. The van der Waals surface area contributed by atoms with Gasteiger partial charge in [-0.3, -0.25) is 19.1 Å². The van der Waals surface area contributed by atoms with Gasteiger partial charge in [0.15, 0.2) is 19.7 Å². The summed E-state index contributed by atoms with van der Waals surface area (Å²) in [7, 11) is -38.3. The Morgan fingerprint density at radius 3 is 1.05 bits per heavy atom. The number of H-pyrrole nitrogens is 2. The second-order valence-electron chi connectivity index (χ2n) is 21.4. The van der Waals surface area contributed by atoms with Crippen molar-refractivity contribution in [3.8, 4) is 34.1 Å². The van der Waals surface area contributed by atoms with E-state index in [0.29, 0.717) is 36.4 Å². The first-order chi connectivity index (χ1) is 50.2. The number of hydrogen-bond acceptors (Lipinski definition) is 38. The van der Waals surface area contributed by atoms with Crippen molar-refractivity contribution in [3.05, 3.63) is 143 Å². The number of azo groups is 2. The van der Waals surface area contributed by atoms with E-state index in [1.165, 1.54) is 60.7 Å². The summed E-state index contributed by atoms with van der Waals surface area (Å²) in [5.41, 5.74) is -4.74. The molecule has 6 N–H and O–H groups in total. The molecule has 570 valence electrons. The van der Waals surface area contributed by atoms with E-state index < -0.39 is 215 Å². The van der Waals surface area contributed by atoms with Crippen LogP contribution in [0.5, 0.6) is 23.0 Å². The molecule has 0 aliphatic carbocycles. The third-order valence-electron chi connectivity index (χ3n) is 14.3. The van der Waals surface area contributed by atoms with E-state index in [9.17, 15) is 95.8 Å². The SMILES string of the molecule is COc1cc(-c2ccc(N=Nc3c(S(=O)(=O)[O-])cc4cc(S(=O)(=O)[O-])cc(N=c5nc(Nc6ccc(S(=O)(=O)CCOS(=O)(=O)O)cc6)nc(Cl)[nH]5)c4c3[O-])c(OC)c2)ccc1N=Nc1c(S(=O)(=O)[O-])cc2cc(S(=O)(=O)[O-])cc(N=c3nc(Nc4ccc(S(=O)(=O)CCOS(=O)(=O)O)cc4)nc(Cl)[nH]3)c2c1[O-].[Na+].[Na+].[Na+].[Na+].[Na+].[Na+]. The summed E-state index contributed by atoms with van der Waals surface area (Å²) in [5, 5.41) is 46.5. The van der Waals surface area contributed by atoms with Gasteiger partial charge in [0, 0.05) is 22.1 Å². The summed E-state index contributed by atoms with van der Waals surface area (Å²) in [6.45, 7) is -1.83. The maximum absolute atomic E-state index is 14.5. The third kappa shape index (κ3) is 26.4. The zero-order valence-electron chi connectivity index (χ0n) is 59.4. The number of halogens is 2. The number of methoxy groups -OCH3 is 2. The largest absolute Gasteiger partial charge is 1.00 e. The first kappa shape index (κ1) is 102. The van der Waals surface area contributed by atoms with Gasteiger partial charge in [0.1, 0.15) is 63.3 Å². The van der Waals surface area contributed by atoms with E-state index >= 15 is 0 Å². The van der Waals surface area contributed by atoms with Crippen LogP contribution in [0.3, 0.4) is 0 Å². The third-order valence-corrected chi connectivity index (χ3v) is 22.3. The molecule has 0 fully saturated rings. The Kier molecular flexibility index (Phi) is 36.6. The number of hydrogen-bond donors (Lipinski definition) is 6. The fourth-order valence-electron chi connectivity index (χ4n) is 9.63. The van der Waals surface area contributed by atoms with Gasteiger partial charge in [-0.05, 0) is 154 Å². The van der Waals surface area contributed by atoms with Crippen molar-refractivity contribution in [2.45, 2.75) is 29.4 Å². The maximum atomic E-state index is 14.5. The minimum Gasteiger partial charge on any atom is -0.870 e. The number of sulfone groups is 2. The molecule has 10 rings (SSSR count). The van der Waals surface area contributed by atoms with Crippen LogP contribution in [0, 0.1) is 0 Å². The molecule has 0 saturated carbocycles. The Morgan fingerprint density at radius 1 is 0.421 bits per heavy atom. The predicted octanol–water partition coefficient (Wildman–Crippen LogP) is -13.0. The van der Waals surface area contributed by atoms with E-state index in [1.807, 2.05) is 0 Å². The number of aromatic nitrogens is 6. The number of rotatable bonds is 27. The molecule has 42 nitrogen and oxygen atoms in total. The summed E-state index contributed by atoms with van der Waals surface area (Å²) in [4.78, 5) is 23.7. The minimum absolute atomic E-state index is 0. The van der Waals surface area contributed by atoms with Gasteiger partial charge in [0.25, 0.3) is 0 Å². The fraction of sp³-hybridized carbons (Fsp3) is 0.107. The summed E-state index contributed by atoms with van der Waals surface area (Å²) in [5.74, 6) is -5.70. The Bertz CT molecular complexity index is 6200. The Morgan fingerprint density at radius 2 is 0.754 bits per heavy atom. The van der Waals surface area contributed by atoms with Gasteiger partial charge >= 0.3 is 198 Å². The van der Waals surface area contributed by atoms with Crippen LogP contribution in [0.2, 0.25) is 10.6 Å². The van der Waals surface area contributed by atoms with Crippen LogP contribution in [0.15, 0.2) is 181 Å². The molecule has 0 bridgehead atoms. The first-order valence-corrected chi connectivity index (χ1v) is 41.2. The molecule has 0 aliphatic heterocycles. The summed E-state index contributed by atoms with van der Waals surface area (Å²) < 4.78 is 283. The summed E-state index contributed by atoms with van der Waals surface area (Å²) >= 11 is 12.5. The van der Waals surface area contributed by atoms with Crippen molar-refractivity contribution >= 4 is 183 Å². The molecule has 0 aliphatic rings. The van der Waals surface area contributed by atoms with Gasteiger partial charge in [-0.15, -0.1) is 20.5 Å². The molecule has 0 atom stereocenters. The molecule has 2 aromatic heterocycles. The molecule has 0 radical (unpaired) electrons. The van der Waals surface area contributed by atoms with Gasteiger partial charge in [-0.2, -0.15) is 36.8 Å². The molecule has 8 aromatic carbocycles. The Hall–Kier alpha value is -4.24. The number of ether oxygens (including phenoxy) is 2. The van der Waals surface area contributed by atoms with Crippen molar-refractivity contribution < 1.29 is 300 Å². The average Bonchev–Trinajstić information content (AvgIpc) is 0.724. The molecular formula is C56H40Cl2N14Na6O28S8. The Labute approximate surface area is 788 Å². The number of aromatic amines is 2. The molecule has 10 aromatic rings. The normalized spacial score (nSPS) is 12.6. The van der Waals surface area contributed by atoms with Gasteiger partial charge in [0.2, 0.25) is 33.7 Å². The molecule has 0 unspecified atom stereocenters. The van der Waals surface area contributed by atoms with Gasteiger partial charge in [0.05, 0.1) is 91.1 Å². The standard InChI is InChI=1S/C56H46Cl2N14O28S8.6Na/c1-97-41-21-27(3-13-37(41)69-71-47-43(105(85,86)87)23-29-19-35(103(79,80)81)25-39(45(29)49(47)73)61-55-65-51(57)63-53(67-55)59-31-5-9-33(10-6-31)101(75,76)17-15-99-107(91,92)93)28-4-14-38(42(22-28)98-2)70-72-48-44(106(88,89)90)24-30-20-36(104(82,83)84)26-40(46(30)50(48)74)62-56-66-52(58)64-54(68-56)60-32-7-11-34(12-8-32)102(77,78)18-16-100-108(94,95)96;;;;;;/h3-14,19-26,73-74H,15-18H2,1-2H3,(H,79,80,81)(H,82,83,84)(H,85,86,87)(H,88,89,90)(H,91,92,93)(H,94,95,96)(H2,59,61,63,65,67)(H2,60,62,64,66,68);;;;;;/q;6*+1/p-6. The van der Waals surface area contributed by atoms with E-state index in [4.69, 9.17) is 41.8 Å². The van der Waals surface area contributed by atoms with Gasteiger partial charge < -0.3 is 48.5 Å². The van der Waals surface area contributed by atoms with Crippen molar-refractivity contribution in [1.82, 2.24) is 29.9 Å². The fourth-order valence-corrected chi connectivity index (χ4v) is 15.3. The molecule has 0 spiro atoms. The van der Waals surface area contributed by atoms with E-state index in [1.54, 1.807) is 0 Å². The van der Waals surface area contributed by atoms with Gasteiger partial charge in [-0.25, -0.2) is 68.9 Å². The Balaban J connectivity index is 0.00000456. The smallest absolute Gasteiger partial charge is 0.870 e. The number of anilines is 4. The van der Waals surface area contributed by atoms with E-state index in [2.05, 4.69) is 79.3 Å². The van der Waals surface area contributed by atoms with E-state index in [-0.39, 0.29) is 233 Å². The quantitative estimate of drug-likeness (QED) is 0.0158. The number of fused-ring (bicyclic) bond motifs is 2. The van der Waals surface area contributed by atoms with Crippen LogP contribution in [0.1, 0.15) is 0 Å². The monoisotopic (exact) mass is 1820 g/mol. The number of nitrogens with one attached hydrogen (secondary N) is 4. The van der Waals surface area contributed by atoms with Crippen LogP contribution in [-0.4, -0.2) is 164 Å². The second-order valence-corrected chi connectivity index (χ2v) is 34.0.